The van der Waals surface area contributed by atoms with E-state index < -0.39 is 0 Å². The minimum Gasteiger partial charge on any atom is -0.399 e. The zero-order valence-corrected chi connectivity index (χ0v) is 11.5. The first-order chi connectivity index (χ1) is 9.16. The highest BCUT2D eigenvalue weighted by Gasteiger charge is 2.16. The summed E-state index contributed by atoms with van der Waals surface area (Å²) in [5.41, 5.74) is 7.00. The molecule has 4 heteroatoms. The molecule has 0 aliphatic carbocycles. The average Bonchev–Trinajstić information content (AvgIpc) is 2.46. The molecule has 1 amide bonds. The molecule has 0 spiro atoms. The van der Waals surface area contributed by atoms with Gasteiger partial charge in [-0.2, -0.15) is 0 Å². The van der Waals surface area contributed by atoms with E-state index in [0.717, 1.165) is 39.0 Å². The van der Waals surface area contributed by atoms with E-state index in [2.05, 4.69) is 0 Å². The number of rotatable bonds is 4. The lowest BCUT2D eigenvalue weighted by molar-refractivity contribution is 0.0583. The first-order valence-corrected chi connectivity index (χ1v) is 6.85. The molecule has 1 aromatic carbocycles. The molecule has 0 atom stereocenters. The summed E-state index contributed by atoms with van der Waals surface area (Å²) in [5.74, 6) is 0.752. The third-order valence-electron chi connectivity index (χ3n) is 3.72. The standard InChI is InChI=1S/C15H22N2O2/c1-17(9-6-12-7-10-19-11-8-12)15(18)13-2-4-14(16)5-3-13/h2-5,12H,6-11,16H2,1H3. The summed E-state index contributed by atoms with van der Waals surface area (Å²) in [6.07, 6.45) is 3.29. The topological polar surface area (TPSA) is 55.6 Å². The van der Waals surface area contributed by atoms with Crippen LogP contribution in [0.5, 0.6) is 0 Å². The van der Waals surface area contributed by atoms with Gasteiger partial charge in [0.1, 0.15) is 0 Å². The Balaban J connectivity index is 1.83. The van der Waals surface area contributed by atoms with Gasteiger partial charge in [0.25, 0.3) is 5.91 Å². The highest BCUT2D eigenvalue weighted by atomic mass is 16.5. The molecule has 0 radical (unpaired) electrons. The zero-order valence-electron chi connectivity index (χ0n) is 11.5. The van der Waals surface area contributed by atoms with Gasteiger partial charge in [0.05, 0.1) is 0 Å². The third-order valence-corrected chi connectivity index (χ3v) is 3.72. The van der Waals surface area contributed by atoms with Crippen LogP contribution in [0.1, 0.15) is 29.6 Å². The van der Waals surface area contributed by atoms with Gasteiger partial charge < -0.3 is 15.4 Å². The summed E-state index contributed by atoms with van der Waals surface area (Å²) >= 11 is 0. The molecule has 1 heterocycles. The molecule has 4 nitrogen and oxygen atoms in total. The van der Waals surface area contributed by atoms with Crippen molar-refractivity contribution in [1.29, 1.82) is 0 Å². The highest BCUT2D eigenvalue weighted by molar-refractivity contribution is 5.94. The fourth-order valence-electron chi connectivity index (χ4n) is 2.36. The van der Waals surface area contributed by atoms with Crippen molar-refractivity contribution >= 4 is 11.6 Å². The van der Waals surface area contributed by atoms with Crippen LogP contribution in [0.25, 0.3) is 0 Å². The molecule has 104 valence electrons. The van der Waals surface area contributed by atoms with Crippen LogP contribution in [0.2, 0.25) is 0 Å². The van der Waals surface area contributed by atoms with Crippen molar-refractivity contribution in [1.82, 2.24) is 4.90 Å². The molecule has 0 aromatic heterocycles. The Kier molecular flexibility index (Phi) is 4.80. The normalized spacial score (nSPS) is 16.3. The van der Waals surface area contributed by atoms with Gasteiger partial charge in [0, 0.05) is 38.1 Å². The SMILES string of the molecule is CN(CCC1CCOCC1)C(=O)c1ccc(N)cc1. The van der Waals surface area contributed by atoms with Crippen molar-refractivity contribution in [2.45, 2.75) is 19.3 Å². The summed E-state index contributed by atoms with van der Waals surface area (Å²) in [4.78, 5) is 14.0. The van der Waals surface area contributed by atoms with Gasteiger partial charge in [0.2, 0.25) is 0 Å². The number of carbonyl (C=O) groups excluding carboxylic acids is 1. The molecule has 0 unspecified atom stereocenters. The Bertz CT molecular complexity index is 411. The second kappa shape index (κ2) is 6.57. The maximum Gasteiger partial charge on any atom is 0.253 e. The zero-order chi connectivity index (χ0) is 13.7. The largest absolute Gasteiger partial charge is 0.399 e. The van der Waals surface area contributed by atoms with Gasteiger partial charge in [-0.15, -0.1) is 0 Å². The molecule has 2 N–H and O–H groups in total. The molecule has 2 rings (SSSR count). The number of hydrogen-bond donors (Lipinski definition) is 1. The minimum absolute atomic E-state index is 0.0621. The van der Waals surface area contributed by atoms with Gasteiger partial charge in [-0.1, -0.05) is 0 Å². The molecular weight excluding hydrogens is 240 g/mol. The van der Waals surface area contributed by atoms with Crippen LogP contribution < -0.4 is 5.73 Å². The molecule has 0 bridgehead atoms. The maximum atomic E-state index is 12.2. The van der Waals surface area contributed by atoms with Gasteiger partial charge >= 0.3 is 0 Å². The van der Waals surface area contributed by atoms with E-state index in [9.17, 15) is 4.79 Å². The number of nitrogens with two attached hydrogens (primary N) is 1. The van der Waals surface area contributed by atoms with Crippen LogP contribution in [0.3, 0.4) is 0 Å². The number of carbonyl (C=O) groups is 1. The molecule has 1 saturated heterocycles. The molecule has 19 heavy (non-hydrogen) atoms. The van der Waals surface area contributed by atoms with Crippen LogP contribution in [0.4, 0.5) is 5.69 Å². The van der Waals surface area contributed by atoms with Gasteiger partial charge in [-0.25, -0.2) is 0 Å². The smallest absolute Gasteiger partial charge is 0.253 e. The fourth-order valence-corrected chi connectivity index (χ4v) is 2.36. The van der Waals surface area contributed by atoms with Crippen LogP contribution in [0, 0.1) is 5.92 Å². The lowest BCUT2D eigenvalue weighted by Crippen LogP contribution is -2.30. The number of nitrogen functional groups attached to an aromatic ring is 1. The summed E-state index contributed by atoms with van der Waals surface area (Å²) in [6, 6.07) is 7.09. The molecule has 1 aromatic rings. The number of amides is 1. The monoisotopic (exact) mass is 262 g/mol. The van der Waals surface area contributed by atoms with Crippen molar-refractivity contribution in [2.75, 3.05) is 32.5 Å². The van der Waals surface area contributed by atoms with Crippen LogP contribution in [-0.2, 0) is 4.74 Å². The summed E-state index contributed by atoms with van der Waals surface area (Å²) in [7, 11) is 1.86. The lowest BCUT2D eigenvalue weighted by atomic mass is 9.96. The molecular formula is C15H22N2O2. The minimum atomic E-state index is 0.0621. The van der Waals surface area contributed by atoms with E-state index in [1.165, 1.54) is 0 Å². The predicted molar refractivity (Wildman–Crippen MR) is 76.0 cm³/mol. The van der Waals surface area contributed by atoms with Crippen molar-refractivity contribution < 1.29 is 9.53 Å². The number of nitrogens with zero attached hydrogens (tertiary/aromatic N) is 1. The Morgan fingerprint density at radius 1 is 1.32 bits per heavy atom. The summed E-state index contributed by atoms with van der Waals surface area (Å²) in [6.45, 7) is 2.52. The Morgan fingerprint density at radius 3 is 2.58 bits per heavy atom. The van der Waals surface area contributed by atoms with E-state index in [-0.39, 0.29) is 5.91 Å². The van der Waals surface area contributed by atoms with Crippen LogP contribution in [0.15, 0.2) is 24.3 Å². The van der Waals surface area contributed by atoms with Crippen molar-refractivity contribution in [3.05, 3.63) is 29.8 Å². The number of hydrogen-bond acceptors (Lipinski definition) is 3. The lowest BCUT2D eigenvalue weighted by Gasteiger charge is -2.25. The van der Waals surface area contributed by atoms with Crippen molar-refractivity contribution in [3.63, 3.8) is 0 Å². The Labute approximate surface area is 114 Å². The number of benzene rings is 1. The van der Waals surface area contributed by atoms with Crippen LogP contribution >= 0.6 is 0 Å². The summed E-state index contributed by atoms with van der Waals surface area (Å²) in [5, 5.41) is 0. The van der Waals surface area contributed by atoms with E-state index >= 15 is 0 Å². The van der Waals surface area contributed by atoms with Gasteiger partial charge in [-0.05, 0) is 49.4 Å². The predicted octanol–water partition coefficient (Wildman–Crippen LogP) is 2.16. The Morgan fingerprint density at radius 2 is 1.95 bits per heavy atom. The second-order valence-electron chi connectivity index (χ2n) is 5.19. The maximum absolute atomic E-state index is 12.2. The molecule has 0 saturated carbocycles. The molecule has 1 fully saturated rings. The average molecular weight is 262 g/mol. The van der Waals surface area contributed by atoms with E-state index in [4.69, 9.17) is 10.5 Å². The van der Waals surface area contributed by atoms with Gasteiger partial charge in [0.15, 0.2) is 0 Å². The van der Waals surface area contributed by atoms with E-state index in [0.29, 0.717) is 17.2 Å². The fraction of sp³-hybridized carbons (Fsp3) is 0.533. The van der Waals surface area contributed by atoms with E-state index in [1.54, 1.807) is 29.2 Å². The number of ether oxygens (including phenoxy) is 1. The van der Waals surface area contributed by atoms with Crippen LogP contribution in [-0.4, -0.2) is 37.6 Å². The highest BCUT2D eigenvalue weighted by Crippen LogP contribution is 2.19. The first-order valence-electron chi connectivity index (χ1n) is 6.85. The third kappa shape index (κ3) is 3.96. The first kappa shape index (κ1) is 13.9. The van der Waals surface area contributed by atoms with E-state index in [1.807, 2.05) is 7.05 Å². The van der Waals surface area contributed by atoms with Gasteiger partial charge in [-0.3, -0.25) is 4.79 Å². The second-order valence-corrected chi connectivity index (χ2v) is 5.19. The van der Waals surface area contributed by atoms with Crippen molar-refractivity contribution in [3.8, 4) is 0 Å². The summed E-state index contributed by atoms with van der Waals surface area (Å²) < 4.78 is 5.34. The molecule has 1 aliphatic heterocycles. The molecule has 1 aliphatic rings. The quantitative estimate of drug-likeness (QED) is 0.846. The Hall–Kier alpha value is -1.55. The van der Waals surface area contributed by atoms with Crippen molar-refractivity contribution in [2.24, 2.45) is 5.92 Å². The number of anilines is 1.